The first-order valence-corrected chi connectivity index (χ1v) is 18.6. The summed E-state index contributed by atoms with van der Waals surface area (Å²) in [6.07, 6.45) is 0.907. The van der Waals surface area contributed by atoms with Gasteiger partial charge in [-0.3, -0.25) is 4.79 Å². The lowest BCUT2D eigenvalue weighted by atomic mass is 9.83. The Labute approximate surface area is 311 Å². The molecule has 3 N–H and O–H groups in total. The van der Waals surface area contributed by atoms with Gasteiger partial charge in [-0.25, -0.2) is 4.79 Å². The number of rotatable bonds is 12. The van der Waals surface area contributed by atoms with E-state index in [1.165, 1.54) is 6.92 Å². The van der Waals surface area contributed by atoms with Crippen molar-refractivity contribution in [3.63, 3.8) is 0 Å². The standard InChI is InChI=1S/C43H49N3O7/c1-30(48)37(26-31-8-4-2-5-9-31)45-42(49)44-27-32-12-18-36(19-13-32)41-52-38(28-46-22-20-43(21-23-46)50-24-25-51-43)39(34-10-6-3-7-11-34)40(53-41)35-16-14-33(29-47)15-17-35/h2-19,37-41,47H,20-29H2,1H3,(H2,44,45,49). The molecule has 3 heterocycles. The van der Waals surface area contributed by atoms with E-state index in [-0.39, 0.29) is 37.1 Å². The molecule has 7 rings (SSSR count). The number of hydrogen-bond acceptors (Lipinski definition) is 8. The Bertz CT molecular complexity index is 1770. The first-order chi connectivity index (χ1) is 25.9. The smallest absolute Gasteiger partial charge is 0.315 e. The van der Waals surface area contributed by atoms with Crippen molar-refractivity contribution in [1.29, 1.82) is 0 Å². The molecular formula is C43H49N3O7. The van der Waals surface area contributed by atoms with E-state index in [0.29, 0.717) is 26.2 Å². The molecule has 0 bridgehead atoms. The van der Waals surface area contributed by atoms with Crippen LogP contribution in [-0.2, 0) is 43.3 Å². The van der Waals surface area contributed by atoms with Gasteiger partial charge in [0.15, 0.2) is 17.9 Å². The minimum absolute atomic E-state index is 0.0278. The molecule has 3 fully saturated rings. The van der Waals surface area contributed by atoms with Crippen molar-refractivity contribution in [3.05, 3.63) is 143 Å². The maximum absolute atomic E-state index is 12.8. The fourth-order valence-corrected chi connectivity index (χ4v) is 7.61. The monoisotopic (exact) mass is 719 g/mol. The zero-order valence-corrected chi connectivity index (χ0v) is 30.2. The van der Waals surface area contributed by atoms with E-state index in [1.807, 2.05) is 84.9 Å². The molecular weight excluding hydrogens is 670 g/mol. The lowest BCUT2D eigenvalue weighted by molar-refractivity contribution is -0.265. The summed E-state index contributed by atoms with van der Waals surface area (Å²) in [5.41, 5.74) is 5.75. The number of ether oxygens (including phenoxy) is 4. The van der Waals surface area contributed by atoms with Gasteiger partial charge in [0.1, 0.15) is 0 Å². The van der Waals surface area contributed by atoms with Crippen LogP contribution >= 0.6 is 0 Å². The Balaban J connectivity index is 1.07. The third kappa shape index (κ3) is 9.21. The Kier molecular flexibility index (Phi) is 11.9. The van der Waals surface area contributed by atoms with E-state index in [2.05, 4.69) is 39.8 Å². The number of Topliss-reactive ketones (excluding diaryl/α,β-unsaturated/α-hetero) is 1. The van der Waals surface area contributed by atoms with Crippen molar-refractivity contribution < 1.29 is 33.6 Å². The number of aliphatic hydroxyl groups is 1. The number of hydrogen-bond donors (Lipinski definition) is 3. The minimum atomic E-state index is -0.639. The molecule has 10 heteroatoms. The summed E-state index contributed by atoms with van der Waals surface area (Å²) in [5.74, 6) is -0.651. The summed E-state index contributed by atoms with van der Waals surface area (Å²) in [6.45, 7) is 5.45. The molecule has 10 nitrogen and oxygen atoms in total. The van der Waals surface area contributed by atoms with E-state index < -0.39 is 24.2 Å². The molecule has 4 aromatic rings. The van der Waals surface area contributed by atoms with Crippen molar-refractivity contribution in [3.8, 4) is 0 Å². The average Bonchev–Trinajstić information content (AvgIpc) is 3.66. The minimum Gasteiger partial charge on any atom is -0.392 e. The number of urea groups is 1. The van der Waals surface area contributed by atoms with Crippen LogP contribution in [0.1, 0.15) is 71.5 Å². The molecule has 3 aliphatic heterocycles. The number of piperidine rings is 1. The van der Waals surface area contributed by atoms with Crippen LogP contribution < -0.4 is 10.6 Å². The van der Waals surface area contributed by atoms with Crippen molar-refractivity contribution in [2.24, 2.45) is 0 Å². The van der Waals surface area contributed by atoms with Crippen LogP contribution in [0.4, 0.5) is 4.79 Å². The van der Waals surface area contributed by atoms with Gasteiger partial charge in [0.05, 0.1) is 38.1 Å². The van der Waals surface area contributed by atoms with Crippen molar-refractivity contribution in [2.45, 2.75) is 75.6 Å². The lowest BCUT2D eigenvalue weighted by Gasteiger charge is -2.46. The molecule has 4 aromatic carbocycles. The van der Waals surface area contributed by atoms with Gasteiger partial charge >= 0.3 is 6.03 Å². The number of nitrogens with one attached hydrogen (secondary N) is 2. The van der Waals surface area contributed by atoms with Crippen LogP contribution in [0.15, 0.2) is 109 Å². The zero-order valence-electron chi connectivity index (χ0n) is 30.2. The summed E-state index contributed by atoms with van der Waals surface area (Å²) in [6, 6.07) is 34.9. The molecule has 1 spiro atoms. The largest absolute Gasteiger partial charge is 0.392 e. The van der Waals surface area contributed by atoms with Gasteiger partial charge in [-0.15, -0.1) is 0 Å². The average molecular weight is 720 g/mol. The number of likely N-dealkylation sites (tertiary alicyclic amines) is 1. The molecule has 278 valence electrons. The number of benzene rings is 4. The molecule has 3 aliphatic rings. The van der Waals surface area contributed by atoms with E-state index >= 15 is 0 Å². The van der Waals surface area contributed by atoms with Gasteiger partial charge in [0.25, 0.3) is 0 Å². The Morgan fingerprint density at radius 3 is 2.04 bits per heavy atom. The number of nitrogens with zero attached hydrogens (tertiary/aromatic N) is 1. The molecule has 53 heavy (non-hydrogen) atoms. The third-order valence-corrected chi connectivity index (χ3v) is 10.6. The Hall–Kier alpha value is -4.42. The Morgan fingerprint density at radius 2 is 1.40 bits per heavy atom. The molecule has 0 saturated carbocycles. The SMILES string of the molecule is CC(=O)C(Cc1ccccc1)NC(=O)NCc1ccc(C2OC(CN3CCC4(CC3)OCCO4)C(c3ccccc3)C(c3ccc(CO)cc3)O2)cc1. The maximum atomic E-state index is 12.8. The predicted octanol–water partition coefficient (Wildman–Crippen LogP) is 5.96. The summed E-state index contributed by atoms with van der Waals surface area (Å²) in [7, 11) is 0. The van der Waals surface area contributed by atoms with Gasteiger partial charge in [0.2, 0.25) is 0 Å². The molecule has 0 aliphatic carbocycles. The number of carbonyl (C=O) groups is 2. The fourth-order valence-electron chi connectivity index (χ4n) is 7.61. The van der Waals surface area contributed by atoms with E-state index in [9.17, 15) is 14.7 Å². The number of aliphatic hydroxyl groups excluding tert-OH is 1. The molecule has 5 atom stereocenters. The normalized spacial score (nSPS) is 23.4. The van der Waals surface area contributed by atoms with Crippen LogP contribution in [-0.4, -0.2) is 72.6 Å². The topological polar surface area (TPSA) is 119 Å². The molecule has 0 radical (unpaired) electrons. The van der Waals surface area contributed by atoms with Crippen LogP contribution in [0, 0.1) is 0 Å². The number of carbonyl (C=O) groups excluding carboxylic acids is 2. The number of amides is 2. The van der Waals surface area contributed by atoms with Gasteiger partial charge in [-0.1, -0.05) is 109 Å². The third-order valence-electron chi connectivity index (χ3n) is 10.6. The molecule has 2 amide bonds. The van der Waals surface area contributed by atoms with E-state index in [0.717, 1.165) is 59.3 Å². The van der Waals surface area contributed by atoms with Crippen molar-refractivity contribution in [2.75, 3.05) is 32.8 Å². The van der Waals surface area contributed by atoms with Gasteiger partial charge in [-0.2, -0.15) is 0 Å². The van der Waals surface area contributed by atoms with Gasteiger partial charge < -0.3 is 39.6 Å². The lowest BCUT2D eigenvalue weighted by Crippen LogP contribution is -2.50. The number of ketones is 1. The van der Waals surface area contributed by atoms with E-state index in [4.69, 9.17) is 18.9 Å². The second kappa shape index (κ2) is 17.2. The van der Waals surface area contributed by atoms with Crippen molar-refractivity contribution in [1.82, 2.24) is 15.5 Å². The first-order valence-electron chi connectivity index (χ1n) is 18.6. The predicted molar refractivity (Wildman–Crippen MR) is 200 cm³/mol. The second-order valence-corrected chi connectivity index (χ2v) is 14.2. The Morgan fingerprint density at radius 1 is 0.774 bits per heavy atom. The zero-order chi connectivity index (χ0) is 36.6. The highest BCUT2D eigenvalue weighted by atomic mass is 16.7. The summed E-state index contributed by atoms with van der Waals surface area (Å²) >= 11 is 0. The molecule has 5 unspecified atom stereocenters. The first kappa shape index (κ1) is 36.9. The fraction of sp³-hybridized carbons (Fsp3) is 0.395. The van der Waals surface area contributed by atoms with E-state index in [1.54, 1.807) is 0 Å². The molecule has 3 saturated heterocycles. The summed E-state index contributed by atoms with van der Waals surface area (Å²) in [5, 5.41) is 15.5. The van der Waals surface area contributed by atoms with Gasteiger partial charge in [-0.05, 0) is 41.2 Å². The van der Waals surface area contributed by atoms with Gasteiger partial charge in [0, 0.05) is 50.5 Å². The summed E-state index contributed by atoms with van der Waals surface area (Å²) < 4.78 is 25.8. The van der Waals surface area contributed by atoms with Crippen LogP contribution in [0.25, 0.3) is 0 Å². The molecule has 0 aromatic heterocycles. The van der Waals surface area contributed by atoms with Crippen LogP contribution in [0.2, 0.25) is 0 Å². The quantitative estimate of drug-likeness (QED) is 0.164. The van der Waals surface area contributed by atoms with Crippen LogP contribution in [0.5, 0.6) is 0 Å². The highest BCUT2D eigenvalue weighted by Gasteiger charge is 2.45. The summed E-state index contributed by atoms with van der Waals surface area (Å²) in [4.78, 5) is 27.6. The van der Waals surface area contributed by atoms with Crippen LogP contribution in [0.3, 0.4) is 0 Å². The maximum Gasteiger partial charge on any atom is 0.315 e. The second-order valence-electron chi connectivity index (χ2n) is 14.2. The highest BCUT2D eigenvalue weighted by Crippen LogP contribution is 2.47. The van der Waals surface area contributed by atoms with Crippen molar-refractivity contribution >= 4 is 11.8 Å². The highest BCUT2D eigenvalue weighted by molar-refractivity contribution is 5.87.